The predicted octanol–water partition coefficient (Wildman–Crippen LogP) is 4.14. The molecule has 0 fully saturated rings. The molecule has 0 radical (unpaired) electrons. The van der Waals surface area contributed by atoms with Crippen LogP contribution in [0.4, 0.5) is 0 Å². The lowest BCUT2D eigenvalue weighted by Gasteiger charge is -2.09. The van der Waals surface area contributed by atoms with Crippen LogP contribution in [0.2, 0.25) is 0 Å². The molecule has 0 aliphatic carbocycles. The minimum Gasteiger partial charge on any atom is -0.315 e. The van der Waals surface area contributed by atoms with Gasteiger partial charge in [-0.3, -0.25) is 9.59 Å². The number of unbranched alkanes of at least 4 members (excludes halogenated alkanes) is 2. The first-order valence-corrected chi connectivity index (χ1v) is 10.2. The van der Waals surface area contributed by atoms with Gasteiger partial charge in [0.25, 0.3) is 11.1 Å². The highest BCUT2D eigenvalue weighted by Crippen LogP contribution is 2.15. The molecule has 3 heterocycles. The van der Waals surface area contributed by atoms with Gasteiger partial charge in [-0.05, 0) is 36.6 Å². The standard InChI is InChI=1S/C24H25N3O2/c1-2-3-7-13-26-15-11-21-19(23(26)28)17-20-22(25-21)12-16-27(24(20)29)14-10-18-8-5-4-6-9-18/h4-6,8-9,11-12,15-17H,2-3,7,10,13-14H2,1H3. The molecule has 0 spiro atoms. The van der Waals surface area contributed by atoms with Crippen molar-refractivity contribution in [3.8, 4) is 0 Å². The molecule has 0 saturated carbocycles. The third-order valence-electron chi connectivity index (χ3n) is 5.38. The van der Waals surface area contributed by atoms with Crippen molar-refractivity contribution in [2.75, 3.05) is 0 Å². The summed E-state index contributed by atoms with van der Waals surface area (Å²) in [5.41, 5.74) is 2.27. The Balaban J connectivity index is 1.71. The van der Waals surface area contributed by atoms with Crippen LogP contribution in [0.5, 0.6) is 0 Å². The lowest BCUT2D eigenvalue weighted by atomic mass is 10.1. The molecule has 3 aromatic heterocycles. The van der Waals surface area contributed by atoms with Crippen LogP contribution < -0.4 is 11.1 Å². The maximum absolute atomic E-state index is 13.0. The van der Waals surface area contributed by atoms with Gasteiger partial charge < -0.3 is 9.13 Å². The van der Waals surface area contributed by atoms with Crippen molar-refractivity contribution in [3.63, 3.8) is 0 Å². The Morgan fingerprint density at radius 1 is 0.793 bits per heavy atom. The summed E-state index contributed by atoms with van der Waals surface area (Å²) < 4.78 is 3.42. The molecule has 0 aliphatic heterocycles. The van der Waals surface area contributed by atoms with Gasteiger partial charge in [0.1, 0.15) is 0 Å². The van der Waals surface area contributed by atoms with Crippen molar-refractivity contribution in [2.45, 2.75) is 45.7 Å². The molecule has 5 nitrogen and oxygen atoms in total. The van der Waals surface area contributed by atoms with E-state index >= 15 is 0 Å². The Morgan fingerprint density at radius 2 is 1.41 bits per heavy atom. The SMILES string of the molecule is CCCCCn1ccc2nc3ccn(CCc4ccccc4)c(=O)c3cc2c1=O. The lowest BCUT2D eigenvalue weighted by molar-refractivity contribution is 0.590. The summed E-state index contributed by atoms with van der Waals surface area (Å²) in [5, 5.41) is 1.01. The molecule has 0 N–H and O–H groups in total. The highest BCUT2D eigenvalue weighted by atomic mass is 16.1. The van der Waals surface area contributed by atoms with E-state index in [1.807, 2.05) is 30.3 Å². The molecular formula is C24H25N3O2. The van der Waals surface area contributed by atoms with Crippen LogP contribution in [0.15, 0.2) is 70.5 Å². The normalized spacial score (nSPS) is 11.3. The van der Waals surface area contributed by atoms with E-state index in [1.165, 1.54) is 5.56 Å². The quantitative estimate of drug-likeness (QED) is 0.354. The number of aryl methyl sites for hydroxylation is 3. The highest BCUT2D eigenvalue weighted by molar-refractivity contribution is 5.91. The second-order valence-electron chi connectivity index (χ2n) is 7.43. The van der Waals surface area contributed by atoms with E-state index in [2.05, 4.69) is 24.0 Å². The fourth-order valence-corrected chi connectivity index (χ4v) is 3.68. The fraction of sp³-hybridized carbons (Fsp3) is 0.292. The Bertz CT molecular complexity index is 1260. The summed E-state index contributed by atoms with van der Waals surface area (Å²) in [5.74, 6) is 0. The number of fused-ring (bicyclic) bond motifs is 2. The molecular weight excluding hydrogens is 362 g/mol. The first-order valence-electron chi connectivity index (χ1n) is 10.2. The number of hydrogen-bond donors (Lipinski definition) is 0. The lowest BCUT2D eigenvalue weighted by Crippen LogP contribution is -2.23. The number of nitrogens with zero attached hydrogens (tertiary/aromatic N) is 3. The van der Waals surface area contributed by atoms with Gasteiger partial charge in [0.2, 0.25) is 0 Å². The topological polar surface area (TPSA) is 56.9 Å². The molecule has 0 saturated heterocycles. The first kappa shape index (κ1) is 19.1. The Morgan fingerprint density at radius 3 is 2.03 bits per heavy atom. The average molecular weight is 387 g/mol. The Hall–Kier alpha value is -3.21. The minimum atomic E-state index is -0.103. The summed E-state index contributed by atoms with van der Waals surface area (Å²) in [4.78, 5) is 30.5. The van der Waals surface area contributed by atoms with Crippen LogP contribution >= 0.6 is 0 Å². The average Bonchev–Trinajstić information content (AvgIpc) is 2.75. The van der Waals surface area contributed by atoms with Crippen LogP contribution in [0.1, 0.15) is 31.7 Å². The van der Waals surface area contributed by atoms with Crippen molar-refractivity contribution in [3.05, 3.63) is 87.2 Å². The molecule has 0 atom stereocenters. The first-order chi connectivity index (χ1) is 14.2. The van der Waals surface area contributed by atoms with E-state index in [4.69, 9.17) is 0 Å². The monoisotopic (exact) mass is 387 g/mol. The van der Waals surface area contributed by atoms with Gasteiger partial charge in [0.15, 0.2) is 0 Å². The highest BCUT2D eigenvalue weighted by Gasteiger charge is 2.10. The molecule has 29 heavy (non-hydrogen) atoms. The summed E-state index contributed by atoms with van der Waals surface area (Å²) in [6.45, 7) is 3.42. The minimum absolute atomic E-state index is 0.0768. The van der Waals surface area contributed by atoms with E-state index < -0.39 is 0 Å². The predicted molar refractivity (Wildman–Crippen MR) is 117 cm³/mol. The van der Waals surface area contributed by atoms with Crippen molar-refractivity contribution >= 4 is 21.8 Å². The number of aromatic nitrogens is 3. The van der Waals surface area contributed by atoms with E-state index in [0.29, 0.717) is 34.9 Å². The maximum Gasteiger partial charge on any atom is 0.260 e. The summed E-state index contributed by atoms with van der Waals surface area (Å²) in [6.07, 6.45) is 7.54. The number of rotatable bonds is 7. The molecule has 0 amide bonds. The smallest absolute Gasteiger partial charge is 0.260 e. The van der Waals surface area contributed by atoms with Crippen LogP contribution in [0.25, 0.3) is 21.8 Å². The van der Waals surface area contributed by atoms with Crippen LogP contribution in [0, 0.1) is 0 Å². The third-order valence-corrected chi connectivity index (χ3v) is 5.38. The number of benzene rings is 1. The summed E-state index contributed by atoms with van der Waals surface area (Å²) in [6, 6.07) is 15.5. The van der Waals surface area contributed by atoms with Crippen LogP contribution in [-0.2, 0) is 19.5 Å². The molecule has 0 aliphatic rings. The van der Waals surface area contributed by atoms with Gasteiger partial charge in [-0.1, -0.05) is 50.1 Å². The van der Waals surface area contributed by atoms with E-state index in [9.17, 15) is 9.59 Å². The third kappa shape index (κ3) is 3.99. The molecule has 148 valence electrons. The van der Waals surface area contributed by atoms with E-state index in [1.54, 1.807) is 27.6 Å². The molecule has 4 aromatic rings. The Kier molecular flexibility index (Phi) is 5.56. The van der Waals surface area contributed by atoms with Crippen LogP contribution in [-0.4, -0.2) is 14.1 Å². The molecule has 0 bridgehead atoms. The van der Waals surface area contributed by atoms with Gasteiger partial charge >= 0.3 is 0 Å². The van der Waals surface area contributed by atoms with Crippen molar-refractivity contribution in [1.82, 2.24) is 14.1 Å². The molecule has 5 heteroatoms. The van der Waals surface area contributed by atoms with Crippen molar-refractivity contribution in [2.24, 2.45) is 0 Å². The fourth-order valence-electron chi connectivity index (χ4n) is 3.68. The van der Waals surface area contributed by atoms with E-state index in [-0.39, 0.29) is 11.1 Å². The van der Waals surface area contributed by atoms with Gasteiger partial charge in [-0.15, -0.1) is 0 Å². The van der Waals surface area contributed by atoms with Gasteiger partial charge in [-0.2, -0.15) is 0 Å². The largest absolute Gasteiger partial charge is 0.315 e. The zero-order valence-electron chi connectivity index (χ0n) is 16.7. The maximum atomic E-state index is 13.0. The summed E-state index contributed by atoms with van der Waals surface area (Å²) in [7, 11) is 0. The van der Waals surface area contributed by atoms with Crippen LogP contribution in [0.3, 0.4) is 0 Å². The molecule has 4 rings (SSSR count). The Labute approximate surface area is 169 Å². The second kappa shape index (κ2) is 8.43. The number of hydrogen-bond acceptors (Lipinski definition) is 3. The van der Waals surface area contributed by atoms with E-state index in [0.717, 1.165) is 25.7 Å². The zero-order valence-corrected chi connectivity index (χ0v) is 16.7. The van der Waals surface area contributed by atoms with Gasteiger partial charge in [0, 0.05) is 25.5 Å². The molecule has 0 unspecified atom stereocenters. The zero-order chi connectivity index (χ0) is 20.2. The second-order valence-corrected chi connectivity index (χ2v) is 7.43. The molecule has 1 aromatic carbocycles. The number of pyridine rings is 3. The van der Waals surface area contributed by atoms with Gasteiger partial charge in [0.05, 0.1) is 21.8 Å². The summed E-state index contributed by atoms with van der Waals surface area (Å²) >= 11 is 0. The van der Waals surface area contributed by atoms with Crippen molar-refractivity contribution in [1.29, 1.82) is 0 Å². The van der Waals surface area contributed by atoms with Crippen molar-refractivity contribution < 1.29 is 0 Å². The van der Waals surface area contributed by atoms with Gasteiger partial charge in [-0.25, -0.2) is 4.98 Å².